The average Bonchev–Trinajstić information content (AvgIpc) is 2.78. The van der Waals surface area contributed by atoms with Crippen LogP contribution in [0.3, 0.4) is 0 Å². The fourth-order valence-electron chi connectivity index (χ4n) is 2.51. The van der Waals surface area contributed by atoms with Gasteiger partial charge >= 0.3 is 11.8 Å². The summed E-state index contributed by atoms with van der Waals surface area (Å²) in [5.41, 5.74) is 3.33. The van der Waals surface area contributed by atoms with Crippen LogP contribution in [0.25, 0.3) is 0 Å². The third kappa shape index (κ3) is 8.82. The highest BCUT2D eigenvalue weighted by Gasteiger charge is 2.14. The molecule has 0 aromatic heterocycles. The molecule has 9 nitrogen and oxygen atoms in total. The molecule has 0 aliphatic rings. The zero-order valence-electron chi connectivity index (χ0n) is 18.7. The van der Waals surface area contributed by atoms with Crippen molar-refractivity contribution in [3.8, 4) is 11.5 Å². The van der Waals surface area contributed by atoms with Crippen molar-refractivity contribution in [3.05, 3.63) is 53.1 Å². The van der Waals surface area contributed by atoms with Crippen LogP contribution in [0.15, 0.2) is 47.6 Å². The Balaban J connectivity index is 1.95. The zero-order chi connectivity index (χ0) is 24.2. The molecule has 176 valence electrons. The van der Waals surface area contributed by atoms with Crippen LogP contribution in [0.1, 0.15) is 32.8 Å². The number of hydrazone groups is 1. The first kappa shape index (κ1) is 25.7. The lowest BCUT2D eigenvalue weighted by Crippen LogP contribution is -2.41. The Bertz CT molecular complexity index is 1010. The van der Waals surface area contributed by atoms with E-state index < -0.39 is 11.8 Å². The maximum atomic E-state index is 12.2. The lowest BCUT2D eigenvalue weighted by Gasteiger charge is -2.13. The first-order chi connectivity index (χ1) is 15.8. The van der Waals surface area contributed by atoms with Gasteiger partial charge in [-0.3, -0.25) is 14.4 Å². The number of carbonyl (C=O) groups excluding carboxylic acids is 3. The van der Waals surface area contributed by atoms with E-state index in [1.807, 2.05) is 13.8 Å². The summed E-state index contributed by atoms with van der Waals surface area (Å²) in [6.07, 6.45) is 2.08. The molecule has 2 aromatic carbocycles. The van der Waals surface area contributed by atoms with Crippen LogP contribution in [-0.2, 0) is 14.4 Å². The van der Waals surface area contributed by atoms with E-state index in [0.717, 1.165) is 0 Å². The van der Waals surface area contributed by atoms with Crippen LogP contribution in [0, 0.1) is 0 Å². The van der Waals surface area contributed by atoms with Crippen molar-refractivity contribution in [2.24, 2.45) is 5.10 Å². The summed E-state index contributed by atoms with van der Waals surface area (Å²) < 4.78 is 11.2. The van der Waals surface area contributed by atoms with Crippen LogP contribution >= 0.6 is 11.6 Å². The number of carbonyl (C=O) groups is 3. The average molecular weight is 475 g/mol. The number of benzene rings is 2. The van der Waals surface area contributed by atoms with Gasteiger partial charge < -0.3 is 20.1 Å². The van der Waals surface area contributed by atoms with Gasteiger partial charge in [-0.2, -0.15) is 5.10 Å². The minimum absolute atomic E-state index is 0.110. The van der Waals surface area contributed by atoms with E-state index in [2.05, 4.69) is 21.2 Å². The Morgan fingerprint density at radius 1 is 1.06 bits per heavy atom. The molecule has 0 fully saturated rings. The number of rotatable bonds is 10. The largest absolute Gasteiger partial charge is 0.490 e. The van der Waals surface area contributed by atoms with Crippen LogP contribution < -0.4 is 25.5 Å². The van der Waals surface area contributed by atoms with Crippen molar-refractivity contribution in [2.45, 2.75) is 33.2 Å². The van der Waals surface area contributed by atoms with Gasteiger partial charge in [-0.15, -0.1) is 0 Å². The maximum Gasteiger partial charge on any atom is 0.329 e. The number of anilines is 1. The molecule has 0 saturated carbocycles. The van der Waals surface area contributed by atoms with Gasteiger partial charge in [0.15, 0.2) is 18.1 Å². The summed E-state index contributed by atoms with van der Waals surface area (Å²) in [5, 5.41) is 9.56. The number of nitrogens with one attached hydrogen (secondary N) is 3. The standard InChI is InChI=1S/C23H27ClN4O5/c1-4-15(3)26-22(30)23(31)28-25-13-16-9-10-19(20(11-16)32-5-2)33-14-21(29)27-18-8-6-7-17(24)12-18/h6-13,15H,4-5,14H2,1-3H3,(H,26,30)(H,27,29)(H,28,31)/b25-13-/t15-/m0/s1. The van der Waals surface area contributed by atoms with Crippen molar-refractivity contribution in [2.75, 3.05) is 18.5 Å². The van der Waals surface area contributed by atoms with Crippen molar-refractivity contribution in [1.82, 2.24) is 10.7 Å². The summed E-state index contributed by atoms with van der Waals surface area (Å²) in [4.78, 5) is 35.7. The second-order valence-corrected chi connectivity index (χ2v) is 7.40. The minimum Gasteiger partial charge on any atom is -0.490 e. The van der Waals surface area contributed by atoms with Crippen molar-refractivity contribution < 1.29 is 23.9 Å². The molecule has 33 heavy (non-hydrogen) atoms. The van der Waals surface area contributed by atoms with E-state index in [0.29, 0.717) is 40.8 Å². The highest BCUT2D eigenvalue weighted by atomic mass is 35.5. The van der Waals surface area contributed by atoms with Gasteiger partial charge in [-0.25, -0.2) is 5.43 Å². The van der Waals surface area contributed by atoms with Gasteiger partial charge in [-0.05, 0) is 62.2 Å². The smallest absolute Gasteiger partial charge is 0.329 e. The van der Waals surface area contributed by atoms with E-state index in [4.69, 9.17) is 21.1 Å². The van der Waals surface area contributed by atoms with E-state index in [-0.39, 0.29) is 18.6 Å². The predicted octanol–water partition coefficient (Wildman–Crippen LogP) is 3.12. The van der Waals surface area contributed by atoms with E-state index in [1.54, 1.807) is 49.4 Å². The second kappa shape index (κ2) is 13.1. The third-order valence-corrected chi connectivity index (χ3v) is 4.55. The van der Waals surface area contributed by atoms with E-state index >= 15 is 0 Å². The monoisotopic (exact) mass is 474 g/mol. The van der Waals surface area contributed by atoms with Crippen molar-refractivity contribution in [3.63, 3.8) is 0 Å². The number of amides is 3. The SMILES string of the molecule is CCOc1cc(/C=N\NC(=O)C(=O)N[C@@H](C)CC)ccc1OCC(=O)Nc1cccc(Cl)c1. The van der Waals surface area contributed by atoms with Crippen LogP contribution in [0.4, 0.5) is 5.69 Å². The molecule has 10 heteroatoms. The summed E-state index contributed by atoms with van der Waals surface area (Å²) in [6, 6.07) is 11.6. The fraction of sp³-hybridized carbons (Fsp3) is 0.304. The Hall–Kier alpha value is -3.59. The summed E-state index contributed by atoms with van der Waals surface area (Å²) in [7, 11) is 0. The first-order valence-corrected chi connectivity index (χ1v) is 10.8. The Morgan fingerprint density at radius 3 is 2.55 bits per heavy atom. The Morgan fingerprint density at radius 2 is 1.85 bits per heavy atom. The molecule has 2 rings (SSSR count). The zero-order valence-corrected chi connectivity index (χ0v) is 19.4. The van der Waals surface area contributed by atoms with Gasteiger partial charge in [0.2, 0.25) is 0 Å². The van der Waals surface area contributed by atoms with Crippen LogP contribution in [0.2, 0.25) is 5.02 Å². The van der Waals surface area contributed by atoms with Crippen molar-refractivity contribution in [1.29, 1.82) is 0 Å². The number of hydrogen-bond donors (Lipinski definition) is 3. The van der Waals surface area contributed by atoms with Crippen LogP contribution in [-0.4, -0.2) is 43.2 Å². The lowest BCUT2D eigenvalue weighted by atomic mass is 10.2. The number of ether oxygens (including phenoxy) is 2. The van der Waals surface area contributed by atoms with Gasteiger partial charge in [-0.1, -0.05) is 24.6 Å². The Labute approximate surface area is 197 Å². The fourth-order valence-corrected chi connectivity index (χ4v) is 2.70. The van der Waals surface area contributed by atoms with Gasteiger partial charge in [0.05, 0.1) is 12.8 Å². The van der Waals surface area contributed by atoms with Crippen LogP contribution in [0.5, 0.6) is 11.5 Å². The molecular formula is C23H27ClN4O5. The van der Waals surface area contributed by atoms with Gasteiger partial charge in [0, 0.05) is 16.8 Å². The molecular weight excluding hydrogens is 448 g/mol. The lowest BCUT2D eigenvalue weighted by molar-refractivity contribution is -0.139. The number of hydrogen-bond acceptors (Lipinski definition) is 6. The molecule has 0 heterocycles. The molecule has 0 aliphatic heterocycles. The number of halogens is 1. The molecule has 0 bridgehead atoms. The summed E-state index contributed by atoms with van der Waals surface area (Å²) in [5.74, 6) is -1.20. The number of nitrogens with zero attached hydrogens (tertiary/aromatic N) is 1. The molecule has 0 radical (unpaired) electrons. The highest BCUT2D eigenvalue weighted by molar-refractivity contribution is 6.35. The van der Waals surface area contributed by atoms with Gasteiger partial charge in [0.25, 0.3) is 5.91 Å². The highest BCUT2D eigenvalue weighted by Crippen LogP contribution is 2.28. The van der Waals surface area contributed by atoms with Crippen molar-refractivity contribution >= 4 is 41.2 Å². The normalized spacial score (nSPS) is 11.5. The Kier molecular flexibility index (Phi) is 10.2. The molecule has 0 unspecified atom stereocenters. The molecule has 3 N–H and O–H groups in total. The minimum atomic E-state index is -0.859. The first-order valence-electron chi connectivity index (χ1n) is 10.4. The molecule has 1 atom stereocenters. The molecule has 0 saturated heterocycles. The summed E-state index contributed by atoms with van der Waals surface area (Å²) in [6.45, 7) is 5.65. The molecule has 3 amide bonds. The molecule has 0 spiro atoms. The quantitative estimate of drug-likeness (QED) is 0.278. The summed E-state index contributed by atoms with van der Waals surface area (Å²) >= 11 is 5.91. The molecule has 0 aliphatic carbocycles. The van der Waals surface area contributed by atoms with Gasteiger partial charge in [0.1, 0.15) is 0 Å². The maximum absolute atomic E-state index is 12.2. The molecule has 2 aromatic rings. The topological polar surface area (TPSA) is 118 Å². The van der Waals surface area contributed by atoms with E-state index in [1.165, 1.54) is 6.21 Å². The third-order valence-electron chi connectivity index (χ3n) is 4.31. The predicted molar refractivity (Wildman–Crippen MR) is 127 cm³/mol. The second-order valence-electron chi connectivity index (χ2n) is 6.97. The van der Waals surface area contributed by atoms with E-state index in [9.17, 15) is 14.4 Å².